The molecule has 0 bridgehead atoms. The molecule has 130 valence electrons. The van der Waals surface area contributed by atoms with E-state index in [9.17, 15) is 14.0 Å². The lowest BCUT2D eigenvalue weighted by atomic mass is 10.1. The molecule has 25 heavy (non-hydrogen) atoms. The number of rotatable bonds is 6. The van der Waals surface area contributed by atoms with E-state index < -0.39 is 0 Å². The van der Waals surface area contributed by atoms with E-state index in [0.717, 1.165) is 4.47 Å². The van der Waals surface area contributed by atoms with Crippen molar-refractivity contribution in [1.82, 2.24) is 5.43 Å². The van der Waals surface area contributed by atoms with E-state index in [1.54, 1.807) is 31.2 Å². The first-order chi connectivity index (χ1) is 11.9. The maximum absolute atomic E-state index is 12.9. The molecular weight excluding hydrogens is 389 g/mol. The summed E-state index contributed by atoms with van der Waals surface area (Å²) in [7, 11) is 0. The Morgan fingerprint density at radius 1 is 1.00 bits per heavy atom. The van der Waals surface area contributed by atoms with E-state index in [2.05, 4.69) is 31.8 Å². The van der Waals surface area contributed by atoms with Gasteiger partial charge >= 0.3 is 0 Å². The zero-order valence-electron chi connectivity index (χ0n) is 13.6. The van der Waals surface area contributed by atoms with Gasteiger partial charge in [0.1, 0.15) is 5.82 Å². The molecule has 2 N–H and O–H groups in total. The summed E-state index contributed by atoms with van der Waals surface area (Å²) in [5.41, 5.74) is 4.31. The van der Waals surface area contributed by atoms with Crippen molar-refractivity contribution in [2.45, 2.75) is 19.8 Å². The Balaban J connectivity index is 1.77. The van der Waals surface area contributed by atoms with Gasteiger partial charge in [0.15, 0.2) is 0 Å². The lowest BCUT2D eigenvalue weighted by molar-refractivity contribution is -0.124. The van der Waals surface area contributed by atoms with Crippen LogP contribution in [0, 0.1) is 5.82 Å². The Bertz CT molecular complexity index is 774. The average Bonchev–Trinajstić information content (AvgIpc) is 2.60. The molecule has 0 heterocycles. The van der Waals surface area contributed by atoms with Gasteiger partial charge < -0.3 is 5.32 Å². The van der Waals surface area contributed by atoms with Gasteiger partial charge in [0, 0.05) is 23.0 Å². The maximum atomic E-state index is 12.9. The number of anilines is 1. The first kappa shape index (κ1) is 18.8. The van der Waals surface area contributed by atoms with Crippen LogP contribution in [-0.4, -0.2) is 17.5 Å². The minimum Gasteiger partial charge on any atom is -0.326 e. The Morgan fingerprint density at radius 3 is 2.24 bits per heavy atom. The minimum absolute atomic E-state index is 0.0164. The van der Waals surface area contributed by atoms with Gasteiger partial charge in [-0.2, -0.15) is 5.10 Å². The third kappa shape index (κ3) is 6.46. The van der Waals surface area contributed by atoms with Gasteiger partial charge in [0.05, 0.1) is 5.71 Å². The molecule has 0 aromatic heterocycles. The Labute approximate surface area is 153 Å². The lowest BCUT2D eigenvalue weighted by Crippen LogP contribution is -2.21. The topological polar surface area (TPSA) is 70.6 Å². The van der Waals surface area contributed by atoms with E-state index in [1.165, 1.54) is 12.1 Å². The predicted molar refractivity (Wildman–Crippen MR) is 98.8 cm³/mol. The first-order valence-electron chi connectivity index (χ1n) is 7.58. The number of nitrogens with zero attached hydrogens (tertiary/aromatic N) is 1. The fourth-order valence-electron chi connectivity index (χ4n) is 1.94. The zero-order valence-corrected chi connectivity index (χ0v) is 15.1. The number of hydrogen-bond donors (Lipinski definition) is 2. The van der Waals surface area contributed by atoms with Crippen molar-refractivity contribution in [3.63, 3.8) is 0 Å². The van der Waals surface area contributed by atoms with Gasteiger partial charge in [-0.1, -0.05) is 28.1 Å². The van der Waals surface area contributed by atoms with Crippen LogP contribution in [0.4, 0.5) is 10.1 Å². The Kier molecular flexibility index (Phi) is 6.82. The summed E-state index contributed by atoms with van der Waals surface area (Å²) >= 11 is 3.31. The molecular formula is C18H17BrFN3O2. The average molecular weight is 406 g/mol. The fraction of sp³-hybridized carbons (Fsp3) is 0.167. The Hall–Kier alpha value is -2.54. The molecule has 0 spiro atoms. The zero-order chi connectivity index (χ0) is 18.2. The molecule has 0 saturated carbocycles. The normalized spacial score (nSPS) is 11.1. The van der Waals surface area contributed by atoms with Crippen molar-refractivity contribution in [2.24, 2.45) is 5.10 Å². The molecule has 7 heteroatoms. The highest BCUT2D eigenvalue weighted by molar-refractivity contribution is 9.10. The molecule has 2 rings (SSSR count). The van der Waals surface area contributed by atoms with Crippen LogP contribution in [0.1, 0.15) is 25.3 Å². The van der Waals surface area contributed by atoms with Crippen LogP contribution in [0.3, 0.4) is 0 Å². The quantitative estimate of drug-likeness (QED) is 0.565. The molecule has 0 atom stereocenters. The van der Waals surface area contributed by atoms with Crippen molar-refractivity contribution >= 4 is 39.1 Å². The molecule has 0 aliphatic rings. The van der Waals surface area contributed by atoms with E-state index in [0.29, 0.717) is 17.0 Å². The summed E-state index contributed by atoms with van der Waals surface area (Å²) < 4.78 is 13.8. The van der Waals surface area contributed by atoms with Crippen LogP contribution >= 0.6 is 15.9 Å². The molecule has 2 aromatic rings. The van der Waals surface area contributed by atoms with Crippen molar-refractivity contribution < 1.29 is 14.0 Å². The van der Waals surface area contributed by atoms with Gasteiger partial charge in [0.25, 0.3) is 0 Å². The van der Waals surface area contributed by atoms with Crippen LogP contribution < -0.4 is 10.7 Å². The lowest BCUT2D eigenvalue weighted by Gasteiger charge is -2.05. The Morgan fingerprint density at radius 2 is 1.60 bits per heavy atom. The maximum Gasteiger partial charge on any atom is 0.240 e. The number of halogens is 2. The number of carbonyl (C=O) groups excluding carboxylic acids is 2. The highest BCUT2D eigenvalue weighted by Crippen LogP contribution is 2.14. The SMILES string of the molecule is CC(=NNC(=O)CCC(=O)Nc1ccc(Br)cc1)c1ccc(F)cc1. The molecule has 0 fully saturated rings. The molecule has 0 unspecified atom stereocenters. The summed E-state index contributed by atoms with van der Waals surface area (Å²) in [5.74, 6) is -0.957. The van der Waals surface area contributed by atoms with Gasteiger partial charge in [-0.15, -0.1) is 0 Å². The number of nitrogens with one attached hydrogen (secondary N) is 2. The number of carbonyl (C=O) groups is 2. The van der Waals surface area contributed by atoms with Gasteiger partial charge in [-0.05, 0) is 48.9 Å². The first-order valence-corrected chi connectivity index (χ1v) is 8.38. The van der Waals surface area contributed by atoms with Gasteiger partial charge in [-0.25, -0.2) is 9.82 Å². The second-order valence-electron chi connectivity index (χ2n) is 5.29. The summed E-state index contributed by atoms with van der Waals surface area (Å²) in [6, 6.07) is 12.9. The van der Waals surface area contributed by atoms with E-state index in [1.807, 2.05) is 12.1 Å². The minimum atomic E-state index is -0.368. The summed E-state index contributed by atoms with van der Waals surface area (Å²) in [4.78, 5) is 23.6. The van der Waals surface area contributed by atoms with Crippen molar-refractivity contribution in [2.75, 3.05) is 5.32 Å². The van der Waals surface area contributed by atoms with Crippen LogP contribution in [-0.2, 0) is 9.59 Å². The van der Waals surface area contributed by atoms with E-state index in [4.69, 9.17) is 0 Å². The number of benzene rings is 2. The number of hydrogen-bond acceptors (Lipinski definition) is 3. The monoisotopic (exact) mass is 405 g/mol. The molecule has 5 nitrogen and oxygen atoms in total. The fourth-order valence-corrected chi connectivity index (χ4v) is 2.21. The summed E-state index contributed by atoms with van der Waals surface area (Å²) in [5, 5.41) is 6.66. The number of hydrazone groups is 1. The predicted octanol–water partition coefficient (Wildman–Crippen LogP) is 3.85. The summed E-state index contributed by atoms with van der Waals surface area (Å²) in [6.45, 7) is 1.70. The molecule has 0 saturated heterocycles. The molecule has 2 aromatic carbocycles. The largest absolute Gasteiger partial charge is 0.326 e. The van der Waals surface area contributed by atoms with Gasteiger partial charge in [0.2, 0.25) is 11.8 Å². The van der Waals surface area contributed by atoms with Crippen molar-refractivity contribution in [3.05, 3.63) is 64.4 Å². The molecule has 2 amide bonds. The van der Waals surface area contributed by atoms with E-state index >= 15 is 0 Å². The third-order valence-electron chi connectivity index (χ3n) is 3.32. The van der Waals surface area contributed by atoms with Crippen LogP contribution in [0.5, 0.6) is 0 Å². The third-order valence-corrected chi connectivity index (χ3v) is 3.85. The molecule has 0 radical (unpaired) electrons. The number of amides is 2. The highest BCUT2D eigenvalue weighted by Gasteiger charge is 2.07. The van der Waals surface area contributed by atoms with E-state index in [-0.39, 0.29) is 30.5 Å². The van der Waals surface area contributed by atoms with Crippen molar-refractivity contribution in [1.29, 1.82) is 0 Å². The molecule has 0 aliphatic carbocycles. The van der Waals surface area contributed by atoms with Gasteiger partial charge in [-0.3, -0.25) is 9.59 Å². The highest BCUT2D eigenvalue weighted by atomic mass is 79.9. The smallest absolute Gasteiger partial charge is 0.240 e. The molecule has 0 aliphatic heterocycles. The standard InChI is InChI=1S/C18H17BrFN3O2/c1-12(13-2-6-15(20)7-3-13)22-23-18(25)11-10-17(24)21-16-8-4-14(19)5-9-16/h2-9H,10-11H2,1H3,(H,21,24)(H,23,25). The van der Waals surface area contributed by atoms with Crippen LogP contribution in [0.15, 0.2) is 58.1 Å². The van der Waals surface area contributed by atoms with Crippen LogP contribution in [0.25, 0.3) is 0 Å². The van der Waals surface area contributed by atoms with Crippen molar-refractivity contribution in [3.8, 4) is 0 Å². The second-order valence-corrected chi connectivity index (χ2v) is 6.21. The summed E-state index contributed by atoms with van der Waals surface area (Å²) in [6.07, 6.45) is 0.0651. The second kappa shape index (κ2) is 9.08. The van der Waals surface area contributed by atoms with Crippen LogP contribution in [0.2, 0.25) is 0 Å².